The van der Waals surface area contributed by atoms with Gasteiger partial charge in [-0.2, -0.15) is 4.98 Å². The Balaban J connectivity index is 2.08. The minimum absolute atomic E-state index is 0.0972. The number of aromatic nitrogens is 2. The minimum Gasteiger partial charge on any atom is -0.509 e. The number of hydrogen-bond donors (Lipinski definition) is 3. The summed E-state index contributed by atoms with van der Waals surface area (Å²) in [6.45, 7) is 0. The number of hydrogen-bond acceptors (Lipinski definition) is 5. The zero-order valence-electron chi connectivity index (χ0n) is 12.9. The Morgan fingerprint density at radius 2 is 1.70 bits per heavy atom. The Bertz CT molecular complexity index is 919. The standard InChI is InChI=1S/C16H15B2N3O2/c17-10-5-8(6-11(18)14(10)22)7-12(19)15-20-13-4-2-1-3-9(13)16(23)21-15/h1-7,22H,17-19H2,(H,20,21,23)/b12-7-. The number of nitrogens with two attached hydrogens (primary N) is 1. The summed E-state index contributed by atoms with van der Waals surface area (Å²) in [4.78, 5) is 8.44. The number of nitrogens with zero attached hydrogens (tertiary/aromatic N) is 2. The van der Waals surface area contributed by atoms with E-state index in [9.17, 15) is 10.2 Å². The summed E-state index contributed by atoms with van der Waals surface area (Å²) in [7, 11) is 3.66. The fourth-order valence-electron chi connectivity index (χ4n) is 2.51. The maximum absolute atomic E-state index is 10.0. The molecule has 0 unspecified atom stereocenters. The summed E-state index contributed by atoms with van der Waals surface area (Å²) in [5, 5.41) is 20.4. The van der Waals surface area contributed by atoms with Crippen LogP contribution in [0.15, 0.2) is 36.4 Å². The van der Waals surface area contributed by atoms with E-state index in [-0.39, 0.29) is 17.5 Å². The first-order valence-corrected chi connectivity index (χ1v) is 7.19. The van der Waals surface area contributed by atoms with Crippen LogP contribution in [0.3, 0.4) is 0 Å². The number of phenolic OH excluding ortho intramolecular Hbond substituents is 1. The van der Waals surface area contributed by atoms with E-state index >= 15 is 0 Å². The van der Waals surface area contributed by atoms with Gasteiger partial charge in [0.2, 0.25) is 5.88 Å². The Labute approximate surface area is 135 Å². The topological polar surface area (TPSA) is 92.3 Å². The molecule has 0 radical (unpaired) electrons. The Morgan fingerprint density at radius 1 is 1.04 bits per heavy atom. The predicted molar refractivity (Wildman–Crippen MR) is 97.7 cm³/mol. The molecule has 112 valence electrons. The highest BCUT2D eigenvalue weighted by molar-refractivity contribution is 6.41. The molecule has 0 bridgehead atoms. The van der Waals surface area contributed by atoms with E-state index in [2.05, 4.69) is 9.97 Å². The van der Waals surface area contributed by atoms with Gasteiger partial charge >= 0.3 is 0 Å². The van der Waals surface area contributed by atoms with Crippen LogP contribution in [0.2, 0.25) is 0 Å². The largest absolute Gasteiger partial charge is 0.509 e. The molecule has 0 aliphatic heterocycles. The van der Waals surface area contributed by atoms with Crippen molar-refractivity contribution in [1.29, 1.82) is 0 Å². The van der Waals surface area contributed by atoms with Crippen molar-refractivity contribution in [3.8, 4) is 11.6 Å². The van der Waals surface area contributed by atoms with Gasteiger partial charge in [-0.3, -0.25) is 0 Å². The van der Waals surface area contributed by atoms with Gasteiger partial charge in [0.15, 0.2) is 5.82 Å². The van der Waals surface area contributed by atoms with Crippen LogP contribution in [0.25, 0.3) is 22.7 Å². The molecule has 0 atom stereocenters. The fraction of sp³-hybridized carbons (Fsp3) is 0. The van der Waals surface area contributed by atoms with Crippen molar-refractivity contribution in [2.75, 3.05) is 0 Å². The maximum Gasteiger partial charge on any atom is 0.222 e. The van der Waals surface area contributed by atoms with E-state index in [0.29, 0.717) is 16.6 Å². The molecule has 0 amide bonds. The van der Waals surface area contributed by atoms with Crippen molar-refractivity contribution >= 4 is 49.3 Å². The van der Waals surface area contributed by atoms with Crippen LogP contribution < -0.4 is 16.7 Å². The third-order valence-electron chi connectivity index (χ3n) is 3.68. The Hall–Kier alpha value is -2.95. The van der Waals surface area contributed by atoms with Gasteiger partial charge in [-0.05, 0) is 34.7 Å². The zero-order chi connectivity index (χ0) is 16.6. The molecular formula is C16H15B2N3O2. The molecule has 2 aromatic carbocycles. The van der Waals surface area contributed by atoms with Crippen LogP contribution in [0.4, 0.5) is 0 Å². The van der Waals surface area contributed by atoms with E-state index in [1.165, 1.54) is 0 Å². The van der Waals surface area contributed by atoms with Gasteiger partial charge in [0.1, 0.15) is 21.4 Å². The molecule has 7 heteroatoms. The van der Waals surface area contributed by atoms with Crippen molar-refractivity contribution in [2.45, 2.75) is 0 Å². The van der Waals surface area contributed by atoms with Crippen molar-refractivity contribution in [2.24, 2.45) is 5.73 Å². The molecule has 1 aromatic heterocycles. The number of aromatic hydroxyl groups is 2. The molecule has 23 heavy (non-hydrogen) atoms. The normalized spacial score (nSPS) is 11.7. The summed E-state index contributed by atoms with van der Waals surface area (Å²) in [5.41, 5.74) is 9.44. The summed E-state index contributed by atoms with van der Waals surface area (Å²) in [6.07, 6.45) is 1.73. The number of fused-ring (bicyclic) bond motifs is 1. The highest BCUT2D eigenvalue weighted by Crippen LogP contribution is 2.22. The van der Waals surface area contributed by atoms with Crippen LogP contribution in [0.1, 0.15) is 11.4 Å². The summed E-state index contributed by atoms with van der Waals surface area (Å²) in [5.74, 6) is 0.449. The monoisotopic (exact) mass is 303 g/mol. The van der Waals surface area contributed by atoms with E-state index in [4.69, 9.17) is 5.73 Å². The molecule has 0 fully saturated rings. The molecule has 4 N–H and O–H groups in total. The van der Waals surface area contributed by atoms with Gasteiger partial charge in [-0.15, -0.1) is 0 Å². The Morgan fingerprint density at radius 3 is 2.39 bits per heavy atom. The number of rotatable bonds is 2. The van der Waals surface area contributed by atoms with Gasteiger partial charge in [0.25, 0.3) is 0 Å². The second kappa shape index (κ2) is 5.68. The van der Waals surface area contributed by atoms with Gasteiger partial charge in [0.05, 0.1) is 16.6 Å². The van der Waals surface area contributed by atoms with Crippen LogP contribution in [-0.2, 0) is 0 Å². The van der Waals surface area contributed by atoms with Crippen LogP contribution in [0, 0.1) is 0 Å². The first kappa shape index (κ1) is 15.0. The molecule has 0 aliphatic rings. The lowest BCUT2D eigenvalue weighted by Crippen LogP contribution is -2.15. The number of phenols is 1. The summed E-state index contributed by atoms with van der Waals surface area (Å²) < 4.78 is 0. The number of benzene rings is 2. The van der Waals surface area contributed by atoms with Crippen LogP contribution >= 0.6 is 0 Å². The van der Waals surface area contributed by atoms with E-state index in [1.54, 1.807) is 18.2 Å². The second-order valence-electron chi connectivity index (χ2n) is 5.49. The molecule has 0 aliphatic carbocycles. The molecule has 0 saturated carbocycles. The third kappa shape index (κ3) is 2.85. The highest BCUT2D eigenvalue weighted by atomic mass is 16.3. The minimum atomic E-state index is -0.0972. The van der Waals surface area contributed by atoms with Crippen molar-refractivity contribution < 1.29 is 10.2 Å². The van der Waals surface area contributed by atoms with Crippen LogP contribution in [0.5, 0.6) is 11.6 Å². The molecular weight excluding hydrogens is 288 g/mol. The third-order valence-corrected chi connectivity index (χ3v) is 3.68. The first-order chi connectivity index (χ1) is 11.0. The lowest BCUT2D eigenvalue weighted by atomic mass is 9.84. The molecule has 3 rings (SSSR count). The SMILES string of the molecule is Bc1cc(/C=C(\N)c2nc(O)c3ccccc3n2)cc(B)c1O. The van der Waals surface area contributed by atoms with Crippen LogP contribution in [-0.4, -0.2) is 35.9 Å². The quantitative estimate of drug-likeness (QED) is 0.529. The van der Waals surface area contributed by atoms with Gasteiger partial charge in [-0.1, -0.05) is 24.3 Å². The molecule has 0 spiro atoms. The highest BCUT2D eigenvalue weighted by Gasteiger charge is 2.09. The van der Waals surface area contributed by atoms with Crippen molar-refractivity contribution in [1.82, 2.24) is 9.97 Å². The van der Waals surface area contributed by atoms with Gasteiger partial charge < -0.3 is 15.9 Å². The molecule has 3 aromatic rings. The average Bonchev–Trinajstić information content (AvgIpc) is 2.52. The number of para-hydroxylation sites is 1. The smallest absolute Gasteiger partial charge is 0.222 e. The van der Waals surface area contributed by atoms with Crippen molar-refractivity contribution in [3.63, 3.8) is 0 Å². The molecule has 5 nitrogen and oxygen atoms in total. The lowest BCUT2D eigenvalue weighted by Gasteiger charge is -2.07. The molecule has 0 saturated heterocycles. The van der Waals surface area contributed by atoms with E-state index in [1.807, 2.05) is 40.0 Å². The fourth-order valence-corrected chi connectivity index (χ4v) is 2.51. The zero-order valence-corrected chi connectivity index (χ0v) is 12.9. The lowest BCUT2D eigenvalue weighted by molar-refractivity contribution is 0.458. The van der Waals surface area contributed by atoms with Gasteiger partial charge in [-0.25, -0.2) is 4.98 Å². The summed E-state index contributed by atoms with van der Waals surface area (Å²) in [6, 6.07) is 10.9. The predicted octanol–water partition coefficient (Wildman–Crippen LogP) is -0.985. The van der Waals surface area contributed by atoms with Gasteiger partial charge in [0, 0.05) is 0 Å². The Kier molecular flexibility index (Phi) is 3.70. The summed E-state index contributed by atoms with van der Waals surface area (Å²) >= 11 is 0. The van der Waals surface area contributed by atoms with E-state index in [0.717, 1.165) is 16.5 Å². The van der Waals surface area contributed by atoms with Crippen molar-refractivity contribution in [3.05, 3.63) is 47.8 Å². The first-order valence-electron chi connectivity index (χ1n) is 7.19. The second-order valence-corrected chi connectivity index (χ2v) is 5.49. The molecule has 1 heterocycles. The average molecular weight is 303 g/mol. The van der Waals surface area contributed by atoms with E-state index < -0.39 is 0 Å². The maximum atomic E-state index is 10.0.